The average molecular weight is 401 g/mol. The van der Waals surface area contributed by atoms with Crippen LogP contribution < -0.4 is 5.32 Å². The SMILES string of the molecule is Cc1ccc(C)c(-c2csc(NC(=O)c3cccc(CS(C)(=O)=O)c3)n2)c1. The van der Waals surface area contributed by atoms with Crippen molar-refractivity contribution in [3.8, 4) is 11.3 Å². The smallest absolute Gasteiger partial charge is 0.257 e. The zero-order valence-corrected chi connectivity index (χ0v) is 16.9. The number of carbonyl (C=O) groups is 1. The Morgan fingerprint density at radius 1 is 1.15 bits per heavy atom. The van der Waals surface area contributed by atoms with Gasteiger partial charge >= 0.3 is 0 Å². The van der Waals surface area contributed by atoms with Crippen LogP contribution in [0.3, 0.4) is 0 Å². The van der Waals surface area contributed by atoms with Crippen molar-refractivity contribution in [1.29, 1.82) is 0 Å². The Morgan fingerprint density at radius 3 is 2.67 bits per heavy atom. The lowest BCUT2D eigenvalue weighted by atomic mass is 10.0. The number of benzene rings is 2. The number of sulfone groups is 1. The Balaban J connectivity index is 1.79. The lowest BCUT2D eigenvalue weighted by Crippen LogP contribution is -2.12. The summed E-state index contributed by atoms with van der Waals surface area (Å²) < 4.78 is 22.9. The first-order chi connectivity index (χ1) is 12.7. The fourth-order valence-corrected chi connectivity index (χ4v) is 4.23. The lowest BCUT2D eigenvalue weighted by Gasteiger charge is -2.05. The predicted molar refractivity (Wildman–Crippen MR) is 110 cm³/mol. The van der Waals surface area contributed by atoms with E-state index in [9.17, 15) is 13.2 Å². The number of nitrogens with one attached hydrogen (secondary N) is 1. The first kappa shape index (κ1) is 19.3. The molecule has 0 unspecified atom stereocenters. The Labute approximate surface area is 163 Å². The van der Waals surface area contributed by atoms with E-state index in [1.807, 2.05) is 19.2 Å². The van der Waals surface area contributed by atoms with Crippen molar-refractivity contribution in [2.45, 2.75) is 19.6 Å². The number of hydrogen-bond donors (Lipinski definition) is 1. The van der Waals surface area contributed by atoms with E-state index in [0.717, 1.165) is 22.4 Å². The third-order valence-corrected chi connectivity index (χ3v) is 5.63. The number of anilines is 1. The second kappa shape index (κ2) is 7.62. The fourth-order valence-electron chi connectivity index (χ4n) is 2.74. The third kappa shape index (κ3) is 5.02. The molecule has 1 heterocycles. The molecule has 0 atom stereocenters. The molecule has 3 aromatic rings. The molecule has 5 nitrogen and oxygen atoms in total. The topological polar surface area (TPSA) is 76.1 Å². The molecule has 0 radical (unpaired) electrons. The first-order valence-electron chi connectivity index (χ1n) is 8.32. The van der Waals surface area contributed by atoms with Crippen LogP contribution in [0.4, 0.5) is 5.13 Å². The number of aromatic nitrogens is 1. The van der Waals surface area contributed by atoms with E-state index in [2.05, 4.69) is 28.5 Å². The summed E-state index contributed by atoms with van der Waals surface area (Å²) in [5, 5.41) is 5.21. The van der Waals surface area contributed by atoms with Gasteiger partial charge in [-0.2, -0.15) is 0 Å². The normalized spacial score (nSPS) is 11.4. The maximum Gasteiger partial charge on any atom is 0.257 e. The molecule has 2 aromatic carbocycles. The van der Waals surface area contributed by atoms with Crippen LogP contribution in [0.2, 0.25) is 0 Å². The summed E-state index contributed by atoms with van der Waals surface area (Å²) in [5.41, 5.74) is 5.12. The molecular formula is C20H20N2O3S2. The molecule has 1 aromatic heterocycles. The van der Waals surface area contributed by atoms with Gasteiger partial charge in [-0.3, -0.25) is 10.1 Å². The van der Waals surface area contributed by atoms with Crippen LogP contribution >= 0.6 is 11.3 Å². The molecule has 3 rings (SSSR count). The van der Waals surface area contributed by atoms with Crippen molar-refractivity contribution in [2.24, 2.45) is 0 Å². The molecule has 0 saturated carbocycles. The number of thiazole rings is 1. The molecule has 140 valence electrons. The highest BCUT2D eigenvalue weighted by Gasteiger charge is 2.13. The van der Waals surface area contributed by atoms with Gasteiger partial charge < -0.3 is 0 Å². The summed E-state index contributed by atoms with van der Waals surface area (Å²) in [6.07, 6.45) is 1.17. The number of aryl methyl sites for hydroxylation is 2. The molecule has 0 fully saturated rings. The van der Waals surface area contributed by atoms with Crippen LogP contribution in [0.15, 0.2) is 47.8 Å². The monoisotopic (exact) mass is 400 g/mol. The highest BCUT2D eigenvalue weighted by atomic mass is 32.2. The summed E-state index contributed by atoms with van der Waals surface area (Å²) in [7, 11) is -3.16. The number of amides is 1. The lowest BCUT2D eigenvalue weighted by molar-refractivity contribution is 0.102. The molecular weight excluding hydrogens is 380 g/mol. The summed E-state index contributed by atoms with van der Waals surface area (Å²) >= 11 is 1.36. The summed E-state index contributed by atoms with van der Waals surface area (Å²) in [5.74, 6) is -0.408. The van der Waals surface area contributed by atoms with E-state index in [1.54, 1.807) is 24.3 Å². The molecule has 1 N–H and O–H groups in total. The molecule has 1 amide bonds. The van der Waals surface area contributed by atoms with Crippen LogP contribution in [0, 0.1) is 13.8 Å². The van der Waals surface area contributed by atoms with Crippen molar-refractivity contribution in [1.82, 2.24) is 4.98 Å². The third-order valence-electron chi connectivity index (χ3n) is 4.01. The van der Waals surface area contributed by atoms with E-state index in [0.29, 0.717) is 16.3 Å². The standard InChI is InChI=1S/C20H20N2O3S2/c1-13-7-8-14(2)17(9-13)18-11-26-20(21-18)22-19(23)16-6-4-5-15(10-16)12-27(3,24)25/h4-11H,12H2,1-3H3,(H,21,22,23). The molecule has 0 aliphatic heterocycles. The van der Waals surface area contributed by atoms with Gasteiger partial charge in [0, 0.05) is 22.8 Å². The van der Waals surface area contributed by atoms with Crippen LogP contribution in [-0.2, 0) is 15.6 Å². The molecule has 0 aliphatic carbocycles. The molecule has 0 saturated heterocycles. The van der Waals surface area contributed by atoms with E-state index in [4.69, 9.17) is 0 Å². The number of rotatable bonds is 5. The van der Waals surface area contributed by atoms with Gasteiger partial charge in [-0.15, -0.1) is 11.3 Å². The van der Waals surface area contributed by atoms with E-state index < -0.39 is 9.84 Å². The molecule has 7 heteroatoms. The van der Waals surface area contributed by atoms with Crippen molar-refractivity contribution in [2.75, 3.05) is 11.6 Å². The first-order valence-corrected chi connectivity index (χ1v) is 11.3. The van der Waals surface area contributed by atoms with Crippen molar-refractivity contribution in [3.05, 3.63) is 70.1 Å². The number of hydrogen-bond acceptors (Lipinski definition) is 5. The van der Waals surface area contributed by atoms with E-state index >= 15 is 0 Å². The van der Waals surface area contributed by atoms with Gasteiger partial charge in [0.05, 0.1) is 11.4 Å². The Morgan fingerprint density at radius 2 is 1.93 bits per heavy atom. The Hall–Kier alpha value is -2.51. The molecule has 0 aliphatic rings. The zero-order chi connectivity index (χ0) is 19.6. The Kier molecular flexibility index (Phi) is 5.43. The van der Waals surface area contributed by atoms with Crippen LogP contribution in [0.1, 0.15) is 27.0 Å². The second-order valence-corrected chi connectivity index (χ2v) is 9.58. The maximum absolute atomic E-state index is 12.5. The van der Waals surface area contributed by atoms with Crippen molar-refractivity contribution < 1.29 is 13.2 Å². The van der Waals surface area contributed by atoms with Crippen LogP contribution in [-0.4, -0.2) is 25.6 Å². The molecule has 27 heavy (non-hydrogen) atoms. The van der Waals surface area contributed by atoms with Gasteiger partial charge in [0.25, 0.3) is 5.91 Å². The van der Waals surface area contributed by atoms with Crippen molar-refractivity contribution >= 4 is 32.2 Å². The van der Waals surface area contributed by atoms with Gasteiger partial charge in [0.1, 0.15) is 0 Å². The fraction of sp³-hybridized carbons (Fsp3) is 0.200. The molecule has 0 spiro atoms. The summed E-state index contributed by atoms with van der Waals surface area (Å²) in [4.78, 5) is 17.0. The molecule has 0 bridgehead atoms. The van der Waals surface area contributed by atoms with Crippen LogP contribution in [0.5, 0.6) is 0 Å². The van der Waals surface area contributed by atoms with Crippen molar-refractivity contribution in [3.63, 3.8) is 0 Å². The zero-order valence-electron chi connectivity index (χ0n) is 15.3. The summed E-state index contributed by atoms with van der Waals surface area (Å²) in [6.45, 7) is 4.06. The van der Waals surface area contributed by atoms with Gasteiger partial charge in [0.15, 0.2) is 15.0 Å². The van der Waals surface area contributed by atoms with Gasteiger partial charge in [-0.1, -0.05) is 29.8 Å². The largest absolute Gasteiger partial charge is 0.298 e. The number of nitrogens with zero attached hydrogens (tertiary/aromatic N) is 1. The van der Waals surface area contributed by atoms with E-state index in [1.165, 1.54) is 17.6 Å². The van der Waals surface area contributed by atoms with Crippen LogP contribution in [0.25, 0.3) is 11.3 Å². The minimum absolute atomic E-state index is 0.0951. The van der Waals surface area contributed by atoms with Gasteiger partial charge in [-0.25, -0.2) is 13.4 Å². The number of carbonyl (C=O) groups excluding carboxylic acids is 1. The van der Waals surface area contributed by atoms with Gasteiger partial charge in [-0.05, 0) is 43.2 Å². The minimum Gasteiger partial charge on any atom is -0.298 e. The second-order valence-electron chi connectivity index (χ2n) is 6.58. The van der Waals surface area contributed by atoms with Gasteiger partial charge in [0.2, 0.25) is 0 Å². The van der Waals surface area contributed by atoms with E-state index in [-0.39, 0.29) is 11.7 Å². The highest BCUT2D eigenvalue weighted by Crippen LogP contribution is 2.28. The summed E-state index contributed by atoms with van der Waals surface area (Å²) in [6, 6.07) is 12.8. The average Bonchev–Trinajstić information content (AvgIpc) is 3.04. The maximum atomic E-state index is 12.5. The predicted octanol–water partition coefficient (Wildman–Crippen LogP) is 4.22. The Bertz CT molecular complexity index is 1100. The quantitative estimate of drug-likeness (QED) is 0.696. The minimum atomic E-state index is -3.16. The highest BCUT2D eigenvalue weighted by molar-refractivity contribution is 7.89.